The molecule has 1 saturated carbocycles. The fraction of sp³-hybridized carbons (Fsp3) is 0.419. The standard InChI is InChI=1S/C31H29F3N6O7/c1-30(2)22-23(30)27(42)39(26(22)41)10-15-6-20-24(36-14-37-40(20)11-15)19-8-16(28(43)45-3)7-18-21(47-29(44)31(32,33)34)13-38(25(18)19)12-17-9-35-4-5-46-17/h6-8,11,13-14,17,22-23,35H,4-5,9-10,12H2,1-3H3/t17-,22?,23?/m0/s1. The number of aromatic nitrogens is 4. The number of piperidine rings is 1. The fourth-order valence-corrected chi connectivity index (χ4v) is 6.78. The van der Waals surface area contributed by atoms with Gasteiger partial charge in [-0.2, -0.15) is 18.3 Å². The molecule has 3 atom stereocenters. The number of hydrogen-bond donors (Lipinski definition) is 1. The van der Waals surface area contributed by atoms with Crippen molar-refractivity contribution in [3.63, 3.8) is 0 Å². The average molecular weight is 655 g/mol. The number of likely N-dealkylation sites (tertiary alicyclic amines) is 1. The first kappa shape index (κ1) is 30.8. The van der Waals surface area contributed by atoms with E-state index in [4.69, 9.17) is 14.2 Å². The second kappa shape index (κ2) is 10.9. The van der Waals surface area contributed by atoms with E-state index < -0.39 is 23.9 Å². The Balaban J connectivity index is 1.36. The molecule has 47 heavy (non-hydrogen) atoms. The van der Waals surface area contributed by atoms with E-state index in [2.05, 4.69) is 15.4 Å². The van der Waals surface area contributed by atoms with Crippen molar-refractivity contribution in [2.45, 2.75) is 39.2 Å². The van der Waals surface area contributed by atoms with E-state index in [9.17, 15) is 32.3 Å². The van der Waals surface area contributed by atoms with Crippen LogP contribution in [0.2, 0.25) is 0 Å². The maximum Gasteiger partial charge on any atom is 0.491 e. The van der Waals surface area contributed by atoms with Gasteiger partial charge in [0.25, 0.3) is 0 Å². The smallest absolute Gasteiger partial charge is 0.465 e. The second-order valence-electron chi connectivity index (χ2n) is 12.5. The minimum Gasteiger partial charge on any atom is -0.465 e. The number of carbonyl (C=O) groups excluding carboxylic acids is 4. The number of benzene rings is 1. The summed E-state index contributed by atoms with van der Waals surface area (Å²) in [6, 6.07) is 4.48. The Morgan fingerprint density at radius 1 is 1.13 bits per heavy atom. The zero-order valence-electron chi connectivity index (χ0n) is 25.5. The average Bonchev–Trinajstić information content (AvgIpc) is 3.32. The van der Waals surface area contributed by atoms with Crippen LogP contribution in [0.5, 0.6) is 5.75 Å². The SMILES string of the molecule is COC(=O)c1cc(-c2ncnn3cc(CN4C(=O)C5C(C4=O)C5(C)C)cc23)c2c(c1)c(OC(=O)C(F)(F)F)cn2C[C@@H]1CNCCO1. The van der Waals surface area contributed by atoms with E-state index in [1.54, 1.807) is 16.8 Å². The summed E-state index contributed by atoms with van der Waals surface area (Å²) in [6.07, 6.45) is -1.48. The van der Waals surface area contributed by atoms with Crippen LogP contribution in [0, 0.1) is 17.3 Å². The minimum absolute atomic E-state index is 0.0150. The number of halogens is 3. The normalized spacial score (nSPS) is 22.2. The molecule has 2 aliphatic heterocycles. The number of amides is 2. The van der Waals surface area contributed by atoms with E-state index >= 15 is 0 Å². The van der Waals surface area contributed by atoms with Crippen LogP contribution >= 0.6 is 0 Å². The first-order valence-electron chi connectivity index (χ1n) is 14.8. The van der Waals surface area contributed by atoms with Crippen LogP contribution in [0.3, 0.4) is 0 Å². The van der Waals surface area contributed by atoms with Gasteiger partial charge in [0.05, 0.1) is 67.0 Å². The monoisotopic (exact) mass is 654 g/mol. The van der Waals surface area contributed by atoms with Crippen LogP contribution in [-0.4, -0.2) is 86.9 Å². The molecule has 7 rings (SSSR count). The topological polar surface area (TPSA) is 146 Å². The predicted molar refractivity (Wildman–Crippen MR) is 156 cm³/mol. The van der Waals surface area contributed by atoms with Crippen LogP contribution < -0.4 is 10.1 Å². The third-order valence-electron chi connectivity index (χ3n) is 9.15. The molecule has 13 nitrogen and oxygen atoms in total. The molecular weight excluding hydrogens is 625 g/mol. The summed E-state index contributed by atoms with van der Waals surface area (Å²) in [5.74, 6) is -4.77. The van der Waals surface area contributed by atoms with Gasteiger partial charge in [0.1, 0.15) is 6.33 Å². The summed E-state index contributed by atoms with van der Waals surface area (Å²) in [5.41, 5.74) is 1.51. The van der Waals surface area contributed by atoms with Crippen molar-refractivity contribution >= 4 is 40.2 Å². The predicted octanol–water partition coefficient (Wildman–Crippen LogP) is 2.73. The second-order valence-corrected chi connectivity index (χ2v) is 12.5. The minimum atomic E-state index is -5.27. The number of hydrogen-bond acceptors (Lipinski definition) is 10. The lowest BCUT2D eigenvalue weighted by Crippen LogP contribution is -2.40. The number of rotatable bonds is 7. The number of nitrogens with zero attached hydrogens (tertiary/aromatic N) is 5. The molecule has 246 valence electrons. The Morgan fingerprint density at radius 2 is 1.87 bits per heavy atom. The van der Waals surface area contributed by atoms with Crippen LogP contribution in [0.15, 0.2) is 36.9 Å². The number of methoxy groups -OCH3 is 1. The summed E-state index contributed by atoms with van der Waals surface area (Å²) in [7, 11) is 1.16. The third kappa shape index (κ3) is 5.11. The molecule has 16 heteroatoms. The molecule has 0 radical (unpaired) electrons. The van der Waals surface area contributed by atoms with Gasteiger partial charge in [0.2, 0.25) is 11.8 Å². The molecule has 0 bridgehead atoms. The Morgan fingerprint density at radius 3 is 2.53 bits per heavy atom. The number of imide groups is 1. The molecule has 2 unspecified atom stereocenters. The molecule has 0 spiro atoms. The van der Waals surface area contributed by atoms with Crippen LogP contribution in [0.25, 0.3) is 27.7 Å². The number of ether oxygens (including phenoxy) is 3. The van der Waals surface area contributed by atoms with Crippen molar-refractivity contribution in [2.75, 3.05) is 26.8 Å². The van der Waals surface area contributed by atoms with Crippen molar-refractivity contribution in [3.8, 4) is 17.0 Å². The van der Waals surface area contributed by atoms with Gasteiger partial charge in [0.15, 0.2) is 5.75 Å². The first-order valence-corrected chi connectivity index (χ1v) is 14.8. The van der Waals surface area contributed by atoms with Crippen molar-refractivity contribution in [1.29, 1.82) is 0 Å². The maximum absolute atomic E-state index is 13.3. The van der Waals surface area contributed by atoms with Gasteiger partial charge in [-0.15, -0.1) is 0 Å². The van der Waals surface area contributed by atoms with Crippen LogP contribution in [0.4, 0.5) is 13.2 Å². The highest BCUT2D eigenvalue weighted by molar-refractivity contribution is 6.10. The van der Waals surface area contributed by atoms with E-state index in [1.165, 1.54) is 34.1 Å². The molecule has 1 aromatic carbocycles. The Bertz CT molecular complexity index is 1950. The molecule has 1 aliphatic carbocycles. The first-order chi connectivity index (χ1) is 22.3. The molecule has 4 aromatic rings. The number of alkyl halides is 3. The fourth-order valence-electron chi connectivity index (χ4n) is 6.78. The van der Waals surface area contributed by atoms with Crippen molar-refractivity contribution in [1.82, 2.24) is 29.4 Å². The summed E-state index contributed by atoms with van der Waals surface area (Å²) < 4.78 is 58.6. The van der Waals surface area contributed by atoms with Gasteiger partial charge < -0.3 is 24.1 Å². The van der Waals surface area contributed by atoms with E-state index in [1.807, 2.05) is 13.8 Å². The van der Waals surface area contributed by atoms with E-state index in [-0.39, 0.29) is 64.9 Å². The summed E-state index contributed by atoms with van der Waals surface area (Å²) in [6.45, 7) is 5.47. The number of esters is 2. The molecule has 2 saturated heterocycles. The Hall–Kier alpha value is -4.83. The Labute approximate surface area is 264 Å². The zero-order valence-corrected chi connectivity index (χ0v) is 25.5. The molecule has 3 aliphatic rings. The lowest BCUT2D eigenvalue weighted by Gasteiger charge is -2.24. The number of nitrogens with one attached hydrogen (secondary N) is 1. The molecule has 3 aromatic heterocycles. The molecule has 1 N–H and O–H groups in total. The van der Waals surface area contributed by atoms with Crippen molar-refractivity contribution < 1.29 is 46.6 Å². The lowest BCUT2D eigenvalue weighted by molar-refractivity contribution is -0.189. The molecule has 3 fully saturated rings. The highest BCUT2D eigenvalue weighted by Crippen LogP contribution is 2.63. The third-order valence-corrected chi connectivity index (χ3v) is 9.15. The van der Waals surface area contributed by atoms with Gasteiger partial charge in [-0.25, -0.2) is 19.1 Å². The summed E-state index contributed by atoms with van der Waals surface area (Å²) in [5, 5.41) is 7.52. The molecular formula is C31H29F3N6O7. The largest absolute Gasteiger partial charge is 0.491 e. The van der Waals surface area contributed by atoms with Gasteiger partial charge in [0, 0.05) is 36.4 Å². The zero-order chi connectivity index (χ0) is 33.4. The summed E-state index contributed by atoms with van der Waals surface area (Å²) in [4.78, 5) is 56.5. The highest BCUT2D eigenvalue weighted by atomic mass is 19.4. The van der Waals surface area contributed by atoms with Gasteiger partial charge >= 0.3 is 18.1 Å². The van der Waals surface area contributed by atoms with E-state index in [0.29, 0.717) is 41.9 Å². The van der Waals surface area contributed by atoms with Gasteiger partial charge in [-0.05, 0) is 29.2 Å². The quantitative estimate of drug-likeness (QED) is 0.233. The van der Waals surface area contributed by atoms with Gasteiger partial charge in [-0.1, -0.05) is 13.8 Å². The van der Waals surface area contributed by atoms with Crippen molar-refractivity contribution in [2.24, 2.45) is 17.3 Å². The highest BCUT2D eigenvalue weighted by Gasteiger charge is 2.72. The Kier molecular flexibility index (Phi) is 7.13. The van der Waals surface area contributed by atoms with Gasteiger partial charge in [-0.3, -0.25) is 14.5 Å². The van der Waals surface area contributed by atoms with Crippen LogP contribution in [0.1, 0.15) is 29.8 Å². The van der Waals surface area contributed by atoms with Crippen LogP contribution in [-0.2, 0) is 36.9 Å². The molecule has 2 amide bonds. The van der Waals surface area contributed by atoms with Crippen molar-refractivity contribution in [3.05, 3.63) is 48.0 Å². The lowest BCUT2D eigenvalue weighted by atomic mass is 10.0. The number of fused-ring (bicyclic) bond motifs is 3. The summed E-state index contributed by atoms with van der Waals surface area (Å²) >= 11 is 0. The number of carbonyl (C=O) groups is 4. The molecule has 5 heterocycles. The maximum atomic E-state index is 13.3. The number of morpholine rings is 1. The van der Waals surface area contributed by atoms with E-state index in [0.717, 1.165) is 7.11 Å².